The van der Waals surface area contributed by atoms with Gasteiger partial charge in [-0.15, -0.1) is 0 Å². The Morgan fingerprint density at radius 2 is 1.91 bits per heavy atom. The molecule has 2 atom stereocenters. The Labute approximate surface area is 192 Å². The molecule has 3 heterocycles. The number of halogens is 4. The molecule has 1 saturated carbocycles. The first-order valence-electron chi connectivity index (χ1n) is 10.8. The van der Waals surface area contributed by atoms with Crippen LogP contribution in [0.15, 0.2) is 55.0 Å². The largest absolute Gasteiger partial charge is 0.475 e. The minimum absolute atomic E-state index is 0.0365. The topological polar surface area (TPSA) is 68.2 Å². The fourth-order valence-corrected chi connectivity index (χ4v) is 4.92. The number of carbonyl (C=O) groups excluding carboxylic acids is 1. The van der Waals surface area contributed by atoms with Crippen LogP contribution in [0.25, 0.3) is 11.4 Å². The highest BCUT2D eigenvalue weighted by atomic mass is 19.4. The first-order chi connectivity index (χ1) is 16.3. The third kappa shape index (κ3) is 3.97. The van der Waals surface area contributed by atoms with Crippen molar-refractivity contribution in [2.24, 2.45) is 5.92 Å². The standard InChI is InChI=1S/C24H20F4N4O2/c25-18-4-1-3-17(21-29-9-2-10-30-21)20(18)22(33)32-13-15-7-8-23(32,11-15)14-34-19-6-5-16(12-31-19)24(26,27)28/h1-6,9-10,12,15H,7-8,11,13-14H2. The molecule has 2 aliphatic rings. The Morgan fingerprint density at radius 1 is 1.12 bits per heavy atom. The van der Waals surface area contributed by atoms with E-state index in [0.29, 0.717) is 31.1 Å². The summed E-state index contributed by atoms with van der Waals surface area (Å²) in [5.74, 6) is -0.621. The van der Waals surface area contributed by atoms with Gasteiger partial charge in [0.15, 0.2) is 5.82 Å². The van der Waals surface area contributed by atoms with E-state index in [-0.39, 0.29) is 29.8 Å². The second kappa shape index (κ2) is 8.34. The first kappa shape index (κ1) is 22.2. The molecule has 0 radical (unpaired) electrons. The summed E-state index contributed by atoms with van der Waals surface area (Å²) in [5.41, 5.74) is -1.36. The van der Waals surface area contributed by atoms with Crippen molar-refractivity contribution in [2.75, 3.05) is 13.2 Å². The summed E-state index contributed by atoms with van der Waals surface area (Å²) in [5, 5.41) is 0. The lowest BCUT2D eigenvalue weighted by Gasteiger charge is -2.38. The molecule has 10 heteroatoms. The van der Waals surface area contributed by atoms with E-state index in [9.17, 15) is 22.4 Å². The molecule has 6 nitrogen and oxygen atoms in total. The molecule has 2 bridgehead atoms. The van der Waals surface area contributed by atoms with Crippen LogP contribution in [-0.4, -0.2) is 44.4 Å². The van der Waals surface area contributed by atoms with Gasteiger partial charge in [-0.05, 0) is 43.4 Å². The molecule has 1 amide bonds. The van der Waals surface area contributed by atoms with Gasteiger partial charge in [0.05, 0.1) is 16.7 Å². The minimum atomic E-state index is -4.49. The Bertz CT molecular complexity index is 1200. The van der Waals surface area contributed by atoms with Gasteiger partial charge in [0, 0.05) is 36.8 Å². The van der Waals surface area contributed by atoms with Gasteiger partial charge in [-0.2, -0.15) is 13.2 Å². The molecule has 1 aromatic carbocycles. The van der Waals surface area contributed by atoms with Gasteiger partial charge in [0.25, 0.3) is 5.91 Å². The summed E-state index contributed by atoms with van der Waals surface area (Å²) in [6, 6.07) is 8.03. The summed E-state index contributed by atoms with van der Waals surface area (Å²) < 4.78 is 59.1. The lowest BCUT2D eigenvalue weighted by molar-refractivity contribution is -0.137. The second-order valence-corrected chi connectivity index (χ2v) is 8.66. The Balaban J connectivity index is 1.41. The van der Waals surface area contributed by atoms with Crippen LogP contribution in [0.1, 0.15) is 35.2 Å². The number of ether oxygens (including phenoxy) is 1. The number of fused-ring (bicyclic) bond motifs is 2. The zero-order valence-corrected chi connectivity index (χ0v) is 17.9. The van der Waals surface area contributed by atoms with Crippen molar-refractivity contribution in [1.82, 2.24) is 19.9 Å². The molecule has 2 fully saturated rings. The van der Waals surface area contributed by atoms with Crippen LogP contribution in [0.3, 0.4) is 0 Å². The Morgan fingerprint density at radius 3 is 2.59 bits per heavy atom. The lowest BCUT2D eigenvalue weighted by atomic mass is 9.95. The van der Waals surface area contributed by atoms with Crippen LogP contribution in [0.4, 0.5) is 17.6 Å². The molecule has 0 N–H and O–H groups in total. The maximum Gasteiger partial charge on any atom is 0.417 e. The highest BCUT2D eigenvalue weighted by Crippen LogP contribution is 2.47. The molecule has 1 saturated heterocycles. The van der Waals surface area contributed by atoms with Gasteiger partial charge in [0.1, 0.15) is 12.4 Å². The van der Waals surface area contributed by atoms with E-state index in [1.165, 1.54) is 24.5 Å². The molecule has 1 aliphatic carbocycles. The van der Waals surface area contributed by atoms with Gasteiger partial charge in [-0.25, -0.2) is 19.3 Å². The molecular weight excluding hydrogens is 452 g/mol. The van der Waals surface area contributed by atoms with Gasteiger partial charge in [-0.3, -0.25) is 4.79 Å². The number of hydrogen-bond acceptors (Lipinski definition) is 5. The van der Waals surface area contributed by atoms with E-state index in [1.807, 2.05) is 0 Å². The summed E-state index contributed by atoms with van der Waals surface area (Å²) in [7, 11) is 0. The number of benzene rings is 1. The fourth-order valence-electron chi connectivity index (χ4n) is 4.92. The zero-order valence-electron chi connectivity index (χ0n) is 17.9. The zero-order chi connectivity index (χ0) is 23.9. The lowest BCUT2D eigenvalue weighted by Crippen LogP contribution is -2.52. The second-order valence-electron chi connectivity index (χ2n) is 8.66. The number of aromatic nitrogens is 3. The monoisotopic (exact) mass is 472 g/mol. The average Bonchev–Trinajstić information content (AvgIpc) is 3.41. The van der Waals surface area contributed by atoms with Crippen molar-refractivity contribution in [2.45, 2.75) is 31.0 Å². The molecule has 5 rings (SSSR count). The van der Waals surface area contributed by atoms with Crippen molar-refractivity contribution in [3.8, 4) is 17.3 Å². The Kier molecular flexibility index (Phi) is 5.45. The molecule has 34 heavy (non-hydrogen) atoms. The van der Waals surface area contributed by atoms with Crippen molar-refractivity contribution < 1.29 is 27.1 Å². The predicted octanol–water partition coefficient (Wildman–Crippen LogP) is 4.77. The minimum Gasteiger partial charge on any atom is -0.475 e. The highest BCUT2D eigenvalue weighted by Gasteiger charge is 2.54. The van der Waals surface area contributed by atoms with E-state index in [0.717, 1.165) is 18.6 Å². The van der Waals surface area contributed by atoms with Crippen LogP contribution in [0.5, 0.6) is 5.88 Å². The number of piperidine rings is 1. The molecule has 3 aromatic rings. The highest BCUT2D eigenvalue weighted by molar-refractivity contribution is 6.01. The van der Waals surface area contributed by atoms with Crippen molar-refractivity contribution in [3.05, 3.63) is 71.9 Å². The number of carbonyl (C=O) groups is 1. The van der Waals surface area contributed by atoms with E-state index >= 15 is 0 Å². The summed E-state index contributed by atoms with van der Waals surface area (Å²) in [4.78, 5) is 27.4. The van der Waals surface area contributed by atoms with Gasteiger partial charge >= 0.3 is 6.18 Å². The number of rotatable bonds is 5. The van der Waals surface area contributed by atoms with Crippen molar-refractivity contribution in [3.63, 3.8) is 0 Å². The summed E-state index contributed by atoms with van der Waals surface area (Å²) in [6.45, 7) is 0.505. The maximum absolute atomic E-state index is 15.0. The number of alkyl halides is 3. The molecule has 2 unspecified atom stereocenters. The van der Waals surface area contributed by atoms with Crippen LogP contribution in [0, 0.1) is 11.7 Å². The normalized spacial score (nSPS) is 21.6. The van der Waals surface area contributed by atoms with Crippen LogP contribution in [-0.2, 0) is 6.18 Å². The summed E-state index contributed by atoms with van der Waals surface area (Å²) >= 11 is 0. The van der Waals surface area contributed by atoms with Gasteiger partial charge in [-0.1, -0.05) is 12.1 Å². The number of likely N-dealkylation sites (tertiary alicyclic amines) is 1. The van der Waals surface area contributed by atoms with Gasteiger partial charge in [0.2, 0.25) is 5.88 Å². The predicted molar refractivity (Wildman–Crippen MR) is 113 cm³/mol. The smallest absolute Gasteiger partial charge is 0.417 e. The van der Waals surface area contributed by atoms with Crippen molar-refractivity contribution in [1.29, 1.82) is 0 Å². The fraction of sp³-hybridized carbons (Fsp3) is 0.333. The first-order valence-corrected chi connectivity index (χ1v) is 10.8. The maximum atomic E-state index is 15.0. The number of amides is 1. The molecule has 1 aliphatic heterocycles. The SMILES string of the molecule is O=C(c1c(F)cccc1-c1ncccn1)N1CC2CCC1(COc1ccc(C(F)(F)F)cn1)C2. The third-order valence-electron chi connectivity index (χ3n) is 6.53. The Hall–Kier alpha value is -3.56. The van der Waals surface area contributed by atoms with E-state index < -0.39 is 29.0 Å². The molecule has 2 aromatic heterocycles. The third-order valence-corrected chi connectivity index (χ3v) is 6.53. The van der Waals surface area contributed by atoms with Crippen molar-refractivity contribution >= 4 is 5.91 Å². The molecule has 176 valence electrons. The quantitative estimate of drug-likeness (QED) is 0.501. The van der Waals surface area contributed by atoms with Crippen LogP contribution < -0.4 is 4.74 Å². The number of nitrogens with zero attached hydrogens (tertiary/aromatic N) is 4. The molecular formula is C24H20F4N4O2. The number of hydrogen-bond donors (Lipinski definition) is 0. The van der Waals surface area contributed by atoms with E-state index in [2.05, 4.69) is 15.0 Å². The van der Waals surface area contributed by atoms with Crippen LogP contribution >= 0.6 is 0 Å². The molecule has 0 spiro atoms. The average molecular weight is 472 g/mol. The summed E-state index contributed by atoms with van der Waals surface area (Å²) in [6.07, 6.45) is 1.47. The van der Waals surface area contributed by atoms with Gasteiger partial charge < -0.3 is 9.64 Å². The van der Waals surface area contributed by atoms with E-state index in [1.54, 1.807) is 17.0 Å². The van der Waals surface area contributed by atoms with E-state index in [4.69, 9.17) is 4.74 Å². The van der Waals surface area contributed by atoms with Crippen LogP contribution in [0.2, 0.25) is 0 Å². The number of pyridine rings is 1.